The van der Waals surface area contributed by atoms with Gasteiger partial charge in [0.15, 0.2) is 0 Å². The Morgan fingerprint density at radius 3 is 2.72 bits per heavy atom. The van der Waals surface area contributed by atoms with Crippen LogP contribution in [0.1, 0.15) is 69.4 Å². The van der Waals surface area contributed by atoms with Crippen molar-refractivity contribution in [2.75, 3.05) is 11.6 Å². The van der Waals surface area contributed by atoms with E-state index in [1.165, 1.54) is 37.7 Å². The van der Waals surface area contributed by atoms with Crippen LogP contribution in [-0.4, -0.2) is 24.0 Å². The number of nitrogens with zero attached hydrogens (tertiary/aromatic N) is 1. The topological polar surface area (TPSA) is 69.6 Å². The van der Waals surface area contributed by atoms with Crippen molar-refractivity contribution < 1.29 is 14.7 Å². The summed E-state index contributed by atoms with van der Waals surface area (Å²) in [6.07, 6.45) is 9.24. The number of anilines is 1. The summed E-state index contributed by atoms with van der Waals surface area (Å²) < 4.78 is 0. The Hall–Kier alpha value is -2.04. The Morgan fingerprint density at radius 2 is 2.04 bits per heavy atom. The number of benzene rings is 1. The number of hydrogen-bond donors (Lipinski definition) is 2. The molecule has 0 aliphatic carbocycles. The first-order valence-electron chi connectivity index (χ1n) is 9.41. The summed E-state index contributed by atoms with van der Waals surface area (Å²) in [6.45, 7) is 4.46. The van der Waals surface area contributed by atoms with Crippen LogP contribution in [0.3, 0.4) is 0 Å². The van der Waals surface area contributed by atoms with Crippen LogP contribution in [0.5, 0.6) is 0 Å². The van der Waals surface area contributed by atoms with E-state index < -0.39 is 11.9 Å². The van der Waals surface area contributed by atoms with Crippen LogP contribution in [-0.2, 0) is 16.0 Å². The van der Waals surface area contributed by atoms with E-state index >= 15 is 0 Å². The van der Waals surface area contributed by atoms with Crippen molar-refractivity contribution in [1.29, 1.82) is 0 Å². The van der Waals surface area contributed by atoms with Crippen molar-refractivity contribution in [3.8, 4) is 0 Å². The molecule has 1 aliphatic heterocycles. The summed E-state index contributed by atoms with van der Waals surface area (Å²) in [6, 6.07) is 6.24. The number of unbranched alkanes of at least 4 members (excludes halogenated alkanes) is 5. The lowest BCUT2D eigenvalue weighted by atomic mass is 9.87. The molecule has 0 bridgehead atoms. The van der Waals surface area contributed by atoms with Crippen molar-refractivity contribution >= 4 is 18.1 Å². The van der Waals surface area contributed by atoms with Crippen LogP contribution in [0.25, 0.3) is 0 Å². The Bertz CT molecular complexity index is 588. The van der Waals surface area contributed by atoms with Crippen molar-refractivity contribution in [2.45, 2.75) is 64.7 Å². The molecule has 0 radical (unpaired) electrons. The molecule has 0 spiro atoms. The Labute approximate surface area is 150 Å². The Morgan fingerprint density at radius 1 is 1.32 bits per heavy atom. The van der Waals surface area contributed by atoms with Crippen molar-refractivity contribution in [1.82, 2.24) is 5.43 Å². The van der Waals surface area contributed by atoms with Crippen LogP contribution in [0.15, 0.2) is 18.2 Å². The summed E-state index contributed by atoms with van der Waals surface area (Å²) in [5, 5.41) is 11.1. The number of hydrogen-bond acceptors (Lipinski definition) is 3. The zero-order valence-corrected chi connectivity index (χ0v) is 15.3. The second kappa shape index (κ2) is 9.44. The van der Waals surface area contributed by atoms with Gasteiger partial charge in [0.05, 0.1) is 11.6 Å². The van der Waals surface area contributed by atoms with Gasteiger partial charge in [-0.05, 0) is 30.0 Å². The minimum atomic E-state index is -0.801. The molecule has 0 aromatic heterocycles. The summed E-state index contributed by atoms with van der Waals surface area (Å²) >= 11 is 0. The lowest BCUT2D eigenvalue weighted by Crippen LogP contribution is -2.37. The fraction of sp³-hybridized carbons (Fsp3) is 0.600. The molecule has 0 fully saturated rings. The van der Waals surface area contributed by atoms with Gasteiger partial charge >= 0.3 is 5.97 Å². The average Bonchev–Trinajstić information content (AvgIpc) is 2.95. The average molecular weight is 346 g/mol. The third-order valence-corrected chi connectivity index (χ3v) is 5.18. The number of carboxylic acids is 1. The smallest absolute Gasteiger partial charge is 0.306 e. The predicted molar refractivity (Wildman–Crippen MR) is 99.6 cm³/mol. The van der Waals surface area contributed by atoms with Crippen LogP contribution in [0, 0.1) is 5.92 Å². The number of aliphatic carboxylic acids is 1. The van der Waals surface area contributed by atoms with E-state index in [4.69, 9.17) is 0 Å². The molecule has 25 heavy (non-hydrogen) atoms. The van der Waals surface area contributed by atoms with Crippen LogP contribution >= 0.6 is 0 Å². The highest BCUT2D eigenvalue weighted by molar-refractivity contribution is 5.74. The van der Waals surface area contributed by atoms with Gasteiger partial charge in [0.2, 0.25) is 6.41 Å². The highest BCUT2D eigenvalue weighted by Crippen LogP contribution is 2.40. The fourth-order valence-corrected chi connectivity index (χ4v) is 3.59. The van der Waals surface area contributed by atoms with E-state index in [-0.39, 0.29) is 5.92 Å². The maximum atomic E-state index is 11.4. The molecule has 0 saturated carbocycles. The van der Waals surface area contributed by atoms with Gasteiger partial charge in [-0.15, -0.1) is 0 Å². The van der Waals surface area contributed by atoms with Crippen molar-refractivity contribution in [2.24, 2.45) is 5.92 Å². The standard InChI is InChI=1S/C20H30N2O3/c1-3-4-5-6-7-8-9-16-10-11-19-17(12-16)18(15(2)20(24)25)13-22(19)21-14-23/h10-12,14-15,18H,3-9,13H2,1-2H3,(H,21,23)(H,24,25). The van der Waals surface area contributed by atoms with Gasteiger partial charge in [-0.25, -0.2) is 0 Å². The van der Waals surface area contributed by atoms with E-state index in [2.05, 4.69) is 24.5 Å². The molecule has 2 atom stereocenters. The molecule has 1 heterocycles. The number of aryl methyl sites for hydroxylation is 1. The van der Waals surface area contributed by atoms with Crippen LogP contribution in [0.4, 0.5) is 5.69 Å². The normalized spacial score (nSPS) is 17.2. The van der Waals surface area contributed by atoms with E-state index in [9.17, 15) is 14.7 Å². The molecule has 5 nitrogen and oxygen atoms in total. The third kappa shape index (κ3) is 4.97. The van der Waals surface area contributed by atoms with E-state index in [0.29, 0.717) is 13.0 Å². The molecule has 1 aromatic carbocycles. The number of carboxylic acid groups (broad SMARTS) is 1. The molecule has 138 valence electrons. The first kappa shape index (κ1) is 19.3. The number of nitrogens with one attached hydrogen (secondary N) is 1. The van der Waals surface area contributed by atoms with Gasteiger partial charge in [0, 0.05) is 12.5 Å². The first-order chi connectivity index (χ1) is 12.1. The Balaban J connectivity index is 2.05. The molecular formula is C20H30N2O3. The highest BCUT2D eigenvalue weighted by atomic mass is 16.4. The van der Waals surface area contributed by atoms with Gasteiger partial charge in [-0.1, -0.05) is 58.1 Å². The SMILES string of the molecule is CCCCCCCCc1ccc2c(c1)C(C(C)C(=O)O)CN2NC=O. The monoisotopic (exact) mass is 346 g/mol. The van der Waals surface area contributed by atoms with Gasteiger partial charge in [0.25, 0.3) is 0 Å². The zero-order chi connectivity index (χ0) is 18.2. The summed E-state index contributed by atoms with van der Waals surface area (Å²) in [5.41, 5.74) is 5.88. The predicted octanol–water partition coefficient (Wildman–Crippen LogP) is 3.87. The number of carbonyl (C=O) groups excluding carboxylic acids is 1. The molecule has 1 amide bonds. The fourth-order valence-electron chi connectivity index (χ4n) is 3.59. The quantitative estimate of drug-likeness (QED) is 0.471. The zero-order valence-electron chi connectivity index (χ0n) is 15.3. The summed E-state index contributed by atoms with van der Waals surface area (Å²) in [7, 11) is 0. The van der Waals surface area contributed by atoms with E-state index in [0.717, 1.165) is 24.1 Å². The van der Waals surface area contributed by atoms with Crippen LogP contribution in [0.2, 0.25) is 0 Å². The number of carbonyl (C=O) groups is 2. The van der Waals surface area contributed by atoms with Crippen LogP contribution < -0.4 is 10.4 Å². The highest BCUT2D eigenvalue weighted by Gasteiger charge is 2.35. The van der Waals surface area contributed by atoms with Crippen molar-refractivity contribution in [3.05, 3.63) is 29.3 Å². The summed E-state index contributed by atoms with van der Waals surface area (Å²) in [4.78, 5) is 22.3. The second-order valence-electron chi connectivity index (χ2n) is 7.00. The largest absolute Gasteiger partial charge is 0.481 e. The van der Waals surface area contributed by atoms with E-state index in [1.807, 2.05) is 6.07 Å². The number of fused-ring (bicyclic) bond motifs is 1. The van der Waals surface area contributed by atoms with E-state index in [1.54, 1.807) is 11.9 Å². The molecule has 2 unspecified atom stereocenters. The van der Waals surface area contributed by atoms with Gasteiger partial charge in [0.1, 0.15) is 0 Å². The number of rotatable bonds is 11. The van der Waals surface area contributed by atoms with Gasteiger partial charge < -0.3 is 5.11 Å². The molecule has 0 saturated heterocycles. The maximum absolute atomic E-state index is 11.4. The minimum absolute atomic E-state index is 0.107. The molecule has 1 aliphatic rings. The molecular weight excluding hydrogens is 316 g/mol. The minimum Gasteiger partial charge on any atom is -0.481 e. The molecule has 2 rings (SSSR count). The van der Waals surface area contributed by atoms with Crippen molar-refractivity contribution in [3.63, 3.8) is 0 Å². The maximum Gasteiger partial charge on any atom is 0.306 e. The number of hydrazine groups is 1. The lowest BCUT2D eigenvalue weighted by Gasteiger charge is -2.18. The van der Waals surface area contributed by atoms with Gasteiger partial charge in [-0.2, -0.15) is 0 Å². The lowest BCUT2D eigenvalue weighted by molar-refractivity contribution is -0.141. The first-order valence-corrected chi connectivity index (χ1v) is 9.41. The number of amides is 1. The Kier molecular flexibility index (Phi) is 7.29. The third-order valence-electron chi connectivity index (χ3n) is 5.18. The second-order valence-corrected chi connectivity index (χ2v) is 7.00. The molecule has 1 aromatic rings. The van der Waals surface area contributed by atoms with Gasteiger partial charge in [-0.3, -0.25) is 20.0 Å². The summed E-state index contributed by atoms with van der Waals surface area (Å²) in [5.74, 6) is -1.39. The molecule has 2 N–H and O–H groups in total. The molecule has 5 heteroatoms.